The van der Waals surface area contributed by atoms with E-state index in [0.717, 1.165) is 9.87 Å². The Morgan fingerprint density at radius 3 is 2.35 bits per heavy atom. The Morgan fingerprint density at radius 2 is 1.85 bits per heavy atom. The van der Waals surface area contributed by atoms with Crippen LogP contribution in [-0.2, 0) is 26.7 Å². The monoisotopic (exact) mass is 383 g/mol. The number of benzene rings is 1. The van der Waals surface area contributed by atoms with E-state index in [1.165, 1.54) is 24.5 Å². The van der Waals surface area contributed by atoms with Gasteiger partial charge >= 0.3 is 10.2 Å². The van der Waals surface area contributed by atoms with Gasteiger partial charge < -0.3 is 0 Å². The largest absolute Gasteiger partial charge is 0.303 e. The number of nitrogens with two attached hydrogens (primary N) is 1. The second-order valence-electron chi connectivity index (χ2n) is 4.57. The van der Waals surface area contributed by atoms with E-state index >= 15 is 0 Å². The number of fused-ring (bicyclic) bond motifs is 1. The number of hydrogen-bond acceptors (Lipinski definition) is 4. The van der Waals surface area contributed by atoms with E-state index in [-0.39, 0.29) is 11.4 Å². The quantitative estimate of drug-likeness (QED) is 0.808. The molecule has 2 N–H and O–H groups in total. The summed E-state index contributed by atoms with van der Waals surface area (Å²) in [6.45, 7) is 0.274. The number of primary sulfonamides is 1. The molecule has 10 heteroatoms. The van der Waals surface area contributed by atoms with Crippen LogP contribution in [0.2, 0.25) is 0 Å². The predicted molar refractivity (Wildman–Crippen MR) is 79.2 cm³/mol. The Bertz CT molecular complexity index is 759. The van der Waals surface area contributed by atoms with Gasteiger partial charge in [0.2, 0.25) is 10.0 Å². The third-order valence-corrected chi connectivity index (χ3v) is 6.76. The van der Waals surface area contributed by atoms with Crippen molar-refractivity contribution < 1.29 is 16.8 Å². The minimum absolute atomic E-state index is 0.128. The number of hydrogen-bond donors (Lipinski definition) is 1. The average molecular weight is 384 g/mol. The van der Waals surface area contributed by atoms with Gasteiger partial charge in [0.15, 0.2) is 0 Å². The zero-order valence-corrected chi connectivity index (χ0v) is 14.1. The van der Waals surface area contributed by atoms with Crippen LogP contribution in [0, 0.1) is 0 Å². The van der Waals surface area contributed by atoms with E-state index in [9.17, 15) is 16.8 Å². The molecule has 1 aromatic carbocycles. The molecule has 1 aromatic rings. The first kappa shape index (κ1) is 15.7. The molecule has 7 nitrogen and oxygen atoms in total. The van der Waals surface area contributed by atoms with Gasteiger partial charge in [0, 0.05) is 25.1 Å². The number of halogens is 1. The fourth-order valence-corrected chi connectivity index (χ4v) is 4.82. The lowest BCUT2D eigenvalue weighted by molar-refractivity contribution is 0.517. The highest BCUT2D eigenvalue weighted by Crippen LogP contribution is 2.36. The van der Waals surface area contributed by atoms with E-state index in [1.807, 2.05) is 0 Å². The molecule has 1 aliphatic heterocycles. The second kappa shape index (κ2) is 4.95. The molecule has 0 saturated heterocycles. The molecular weight excluding hydrogens is 370 g/mol. The van der Waals surface area contributed by atoms with Gasteiger partial charge in [-0.2, -0.15) is 12.7 Å². The van der Waals surface area contributed by atoms with Crippen molar-refractivity contribution in [3.05, 3.63) is 22.2 Å². The Kier molecular flexibility index (Phi) is 3.89. The van der Waals surface area contributed by atoms with Gasteiger partial charge in [-0.15, -0.1) is 0 Å². The normalized spacial score (nSPS) is 15.8. The molecule has 0 spiro atoms. The van der Waals surface area contributed by atoms with Crippen molar-refractivity contribution >= 4 is 41.8 Å². The lowest BCUT2D eigenvalue weighted by Crippen LogP contribution is -2.39. The molecule has 0 saturated carbocycles. The summed E-state index contributed by atoms with van der Waals surface area (Å²) in [5.41, 5.74) is 1.11. The van der Waals surface area contributed by atoms with Crippen molar-refractivity contribution in [2.75, 3.05) is 24.9 Å². The van der Waals surface area contributed by atoms with Crippen LogP contribution in [0.15, 0.2) is 21.5 Å². The van der Waals surface area contributed by atoms with Crippen LogP contribution in [0.1, 0.15) is 5.56 Å². The van der Waals surface area contributed by atoms with E-state index in [1.54, 1.807) is 6.07 Å². The van der Waals surface area contributed by atoms with Crippen molar-refractivity contribution in [3.8, 4) is 0 Å². The third-order valence-electron chi connectivity index (χ3n) is 3.03. The van der Waals surface area contributed by atoms with Gasteiger partial charge in [-0.3, -0.25) is 4.31 Å². The molecule has 112 valence electrons. The summed E-state index contributed by atoms with van der Waals surface area (Å²) >= 11 is 3.15. The summed E-state index contributed by atoms with van der Waals surface area (Å²) < 4.78 is 50.0. The first-order valence-electron chi connectivity index (χ1n) is 5.60. The van der Waals surface area contributed by atoms with Crippen molar-refractivity contribution in [2.45, 2.75) is 11.3 Å². The molecule has 0 radical (unpaired) electrons. The van der Waals surface area contributed by atoms with Crippen molar-refractivity contribution in [2.24, 2.45) is 5.14 Å². The fraction of sp³-hybridized carbons (Fsp3) is 0.400. The Hall–Kier alpha value is -0.680. The molecule has 0 amide bonds. The van der Waals surface area contributed by atoms with Gasteiger partial charge in [0.1, 0.15) is 0 Å². The zero-order valence-electron chi connectivity index (χ0n) is 10.9. The SMILES string of the molecule is CN(C)S(=O)(=O)N1CCc2cc(Br)c(S(N)(=O)=O)cc21. The summed E-state index contributed by atoms with van der Waals surface area (Å²) in [5.74, 6) is 0. The van der Waals surface area contributed by atoms with Crippen molar-refractivity contribution in [3.63, 3.8) is 0 Å². The van der Waals surface area contributed by atoms with Crippen LogP contribution in [-0.4, -0.2) is 41.8 Å². The second-order valence-corrected chi connectivity index (χ2v) is 9.02. The van der Waals surface area contributed by atoms with E-state index in [0.29, 0.717) is 16.6 Å². The minimum Gasteiger partial charge on any atom is -0.257 e. The molecule has 0 unspecified atom stereocenters. The summed E-state index contributed by atoms with van der Waals surface area (Å²) in [7, 11) is -4.73. The standard InChI is InChI=1S/C10H14BrN3O4S2/c1-13(2)20(17,18)14-4-3-7-5-8(11)10(6-9(7)14)19(12,15)16/h5-6H,3-4H2,1-2H3,(H2,12,15,16). The molecule has 0 fully saturated rings. The van der Waals surface area contributed by atoms with Crippen LogP contribution < -0.4 is 9.44 Å². The molecular formula is C10H14BrN3O4S2. The zero-order chi connectivity index (χ0) is 15.3. The maximum Gasteiger partial charge on any atom is 0.303 e. The van der Waals surface area contributed by atoms with E-state index < -0.39 is 20.2 Å². The summed E-state index contributed by atoms with van der Waals surface area (Å²) in [6.07, 6.45) is 0.520. The molecule has 20 heavy (non-hydrogen) atoms. The molecule has 1 aliphatic rings. The first-order valence-corrected chi connectivity index (χ1v) is 9.34. The molecule has 0 aliphatic carbocycles. The lowest BCUT2D eigenvalue weighted by atomic mass is 10.2. The van der Waals surface area contributed by atoms with Crippen LogP contribution in [0.3, 0.4) is 0 Å². The molecule has 0 bridgehead atoms. The predicted octanol–water partition coefficient (Wildman–Crippen LogP) is 0.265. The maximum absolute atomic E-state index is 12.2. The molecule has 2 rings (SSSR count). The molecule has 0 atom stereocenters. The molecule has 0 aromatic heterocycles. The van der Waals surface area contributed by atoms with Crippen LogP contribution in [0.25, 0.3) is 0 Å². The Morgan fingerprint density at radius 1 is 1.25 bits per heavy atom. The number of sulfonamides is 1. The number of nitrogens with zero attached hydrogens (tertiary/aromatic N) is 2. The maximum atomic E-state index is 12.2. The fourth-order valence-electron chi connectivity index (χ4n) is 2.01. The highest BCUT2D eigenvalue weighted by atomic mass is 79.9. The van der Waals surface area contributed by atoms with Gasteiger partial charge in [-0.1, -0.05) is 0 Å². The highest BCUT2D eigenvalue weighted by molar-refractivity contribution is 9.10. The van der Waals surface area contributed by atoms with Gasteiger partial charge in [-0.05, 0) is 40.0 Å². The van der Waals surface area contributed by atoms with Crippen LogP contribution >= 0.6 is 15.9 Å². The first-order chi connectivity index (χ1) is 9.05. The van der Waals surface area contributed by atoms with Crippen LogP contribution in [0.5, 0.6) is 0 Å². The van der Waals surface area contributed by atoms with Crippen molar-refractivity contribution in [1.82, 2.24) is 4.31 Å². The molecule has 1 heterocycles. The van der Waals surface area contributed by atoms with Crippen molar-refractivity contribution in [1.29, 1.82) is 0 Å². The smallest absolute Gasteiger partial charge is 0.257 e. The number of rotatable bonds is 3. The minimum atomic E-state index is -3.93. The number of anilines is 1. The lowest BCUT2D eigenvalue weighted by Gasteiger charge is -2.23. The third kappa shape index (κ3) is 2.58. The highest BCUT2D eigenvalue weighted by Gasteiger charge is 2.32. The van der Waals surface area contributed by atoms with E-state index in [2.05, 4.69) is 15.9 Å². The summed E-state index contributed by atoms with van der Waals surface area (Å²) in [5, 5.41) is 5.13. The van der Waals surface area contributed by atoms with Crippen LogP contribution in [0.4, 0.5) is 5.69 Å². The Balaban J connectivity index is 2.64. The Labute approximate surface area is 126 Å². The average Bonchev–Trinajstić information content (AvgIpc) is 2.69. The van der Waals surface area contributed by atoms with E-state index in [4.69, 9.17) is 5.14 Å². The topological polar surface area (TPSA) is 101 Å². The van der Waals surface area contributed by atoms with Gasteiger partial charge in [-0.25, -0.2) is 13.6 Å². The van der Waals surface area contributed by atoms with Gasteiger partial charge in [0.25, 0.3) is 0 Å². The summed E-state index contributed by atoms with van der Waals surface area (Å²) in [4.78, 5) is -0.128. The van der Waals surface area contributed by atoms with Gasteiger partial charge in [0.05, 0.1) is 10.6 Å². The summed E-state index contributed by atoms with van der Waals surface area (Å²) in [6, 6.07) is 2.89.